The maximum atomic E-state index is 9.60. The van der Waals surface area contributed by atoms with Crippen LogP contribution in [0.4, 0.5) is 0 Å². The predicted molar refractivity (Wildman–Crippen MR) is 129 cm³/mol. The minimum Gasteiger partial charge on any atom is -0.478 e. The van der Waals surface area contributed by atoms with Gasteiger partial charge < -0.3 is 30.6 Å². The molecule has 0 spiro atoms. The van der Waals surface area contributed by atoms with Gasteiger partial charge in [-0.2, -0.15) is 0 Å². The van der Waals surface area contributed by atoms with Gasteiger partial charge >= 0.3 is 17.9 Å². The molecule has 0 aromatic heterocycles. The van der Waals surface area contributed by atoms with Gasteiger partial charge in [0.2, 0.25) is 0 Å². The van der Waals surface area contributed by atoms with Gasteiger partial charge in [-0.15, -0.1) is 0 Å². The van der Waals surface area contributed by atoms with E-state index in [2.05, 4.69) is 26.7 Å². The molecule has 9 nitrogen and oxygen atoms in total. The molecule has 0 aromatic carbocycles. The largest absolute Gasteiger partial charge is 0.478 e. The molecule has 0 radical (unpaired) electrons. The Morgan fingerprint density at radius 2 is 0.788 bits per heavy atom. The molecule has 0 atom stereocenters. The van der Waals surface area contributed by atoms with Gasteiger partial charge in [0.05, 0.1) is 0 Å². The molecule has 0 bridgehead atoms. The lowest BCUT2D eigenvalue weighted by atomic mass is 10.1. The third kappa shape index (κ3) is 48.3. The summed E-state index contributed by atoms with van der Waals surface area (Å²) in [6.45, 7) is 16.0. The molecule has 0 amide bonds. The van der Waals surface area contributed by atoms with Crippen LogP contribution in [0.3, 0.4) is 0 Å². The average molecular weight is 477 g/mol. The quantitative estimate of drug-likeness (QED) is 0.127. The minimum atomic E-state index is -2.46. The topological polar surface area (TPSA) is 173 Å². The van der Waals surface area contributed by atoms with E-state index in [9.17, 15) is 14.4 Å². The smallest absolute Gasteiger partial charge is 0.330 e. The first kappa shape index (κ1) is 37.8. The highest BCUT2D eigenvalue weighted by atomic mass is 16.7. The Morgan fingerprint density at radius 3 is 0.970 bits per heavy atom. The van der Waals surface area contributed by atoms with Gasteiger partial charge in [-0.3, -0.25) is 0 Å². The van der Waals surface area contributed by atoms with Gasteiger partial charge in [0.1, 0.15) is 0 Å². The fourth-order valence-electron chi connectivity index (χ4n) is 1.67. The van der Waals surface area contributed by atoms with Crippen molar-refractivity contribution >= 4 is 17.9 Å². The molecular weight excluding hydrogens is 432 g/mol. The zero-order chi connectivity index (χ0) is 27.0. The van der Waals surface area contributed by atoms with E-state index in [-0.39, 0.29) is 23.1 Å². The van der Waals surface area contributed by atoms with Crippen molar-refractivity contribution in [2.45, 2.75) is 97.9 Å². The molecule has 0 aromatic rings. The Labute approximate surface area is 197 Å². The van der Waals surface area contributed by atoms with Crippen molar-refractivity contribution in [2.24, 2.45) is 0 Å². The van der Waals surface area contributed by atoms with Gasteiger partial charge in [0, 0.05) is 23.1 Å². The second-order valence-electron chi connectivity index (χ2n) is 7.61. The molecule has 0 aliphatic carbocycles. The number of unbranched alkanes of at least 4 members (excludes halogenated alkanes) is 8. The lowest BCUT2D eigenvalue weighted by molar-refractivity contribution is -0.315. The van der Waals surface area contributed by atoms with E-state index < -0.39 is 23.9 Å². The molecule has 0 aliphatic heterocycles. The normalized spacial score (nSPS) is 9.55. The highest BCUT2D eigenvalue weighted by molar-refractivity contribution is 5.85. The molecule has 0 saturated heterocycles. The summed E-state index contributed by atoms with van der Waals surface area (Å²) in [6, 6.07) is 0. The summed E-state index contributed by atoms with van der Waals surface area (Å²) in [5.74, 6) is -5.26. The lowest BCUT2D eigenvalue weighted by Gasteiger charge is -2.12. The van der Waals surface area contributed by atoms with Gasteiger partial charge in [-0.25, -0.2) is 14.4 Å². The molecule has 0 rings (SSSR count). The van der Waals surface area contributed by atoms with Crippen LogP contribution in [0, 0.1) is 0 Å². The van der Waals surface area contributed by atoms with E-state index in [1.807, 2.05) is 0 Å². The molecule has 0 unspecified atom stereocenters. The van der Waals surface area contributed by atoms with Crippen molar-refractivity contribution < 1.29 is 45.0 Å². The number of hydrogen-bond donors (Lipinski definition) is 6. The standard InChI is InChI=1S/C12H26O3.3C4H6O2/c1-2-3-4-5-6-7-8-9-10-11-12(13,14)15;3*1-3(2)4(5)6/h13-15H,2-11H2,1H3;3*1H2,2H3,(H,5,6). The van der Waals surface area contributed by atoms with E-state index in [1.54, 1.807) is 0 Å². The Kier molecular flexibility index (Phi) is 27.7. The number of aliphatic hydroxyl groups is 3. The van der Waals surface area contributed by atoms with Crippen LogP contribution in [0.15, 0.2) is 36.5 Å². The first-order chi connectivity index (χ1) is 15.0. The van der Waals surface area contributed by atoms with Crippen molar-refractivity contribution in [3.05, 3.63) is 36.5 Å². The fraction of sp³-hybridized carbons (Fsp3) is 0.625. The van der Waals surface area contributed by atoms with Crippen LogP contribution in [0.1, 0.15) is 91.9 Å². The van der Waals surface area contributed by atoms with Gasteiger partial charge in [-0.1, -0.05) is 78.0 Å². The maximum Gasteiger partial charge on any atom is 0.330 e. The fourth-order valence-corrected chi connectivity index (χ4v) is 1.67. The van der Waals surface area contributed by atoms with Crippen molar-refractivity contribution in [1.29, 1.82) is 0 Å². The van der Waals surface area contributed by atoms with Crippen molar-refractivity contribution in [3.63, 3.8) is 0 Å². The monoisotopic (exact) mass is 476 g/mol. The molecule has 6 N–H and O–H groups in total. The molecule has 33 heavy (non-hydrogen) atoms. The minimum absolute atomic E-state index is 0.0584. The molecule has 0 saturated carbocycles. The van der Waals surface area contributed by atoms with Crippen LogP contribution in [0.2, 0.25) is 0 Å². The molecule has 9 heteroatoms. The summed E-state index contributed by atoms with van der Waals surface area (Å²) < 4.78 is 0. The number of aliphatic carboxylic acids is 3. The third-order valence-electron chi connectivity index (χ3n) is 3.71. The Bertz CT molecular complexity index is 494. The maximum absolute atomic E-state index is 9.60. The summed E-state index contributed by atoms with van der Waals surface area (Å²) in [5.41, 5.74) is 0.528. The first-order valence-electron chi connectivity index (χ1n) is 10.8. The number of hydrogen-bond acceptors (Lipinski definition) is 6. The predicted octanol–water partition coefficient (Wildman–Crippen LogP) is 4.48. The Hall–Kier alpha value is -2.49. The Balaban J connectivity index is -0.000000193. The average Bonchev–Trinajstić information content (AvgIpc) is 2.67. The number of carboxylic acids is 3. The highest BCUT2D eigenvalue weighted by Gasteiger charge is 2.16. The zero-order valence-electron chi connectivity index (χ0n) is 20.6. The lowest BCUT2D eigenvalue weighted by Crippen LogP contribution is -2.26. The van der Waals surface area contributed by atoms with Crippen molar-refractivity contribution in [1.82, 2.24) is 0 Å². The second-order valence-corrected chi connectivity index (χ2v) is 7.61. The van der Waals surface area contributed by atoms with Gasteiger partial charge in [0.25, 0.3) is 5.97 Å². The van der Waals surface area contributed by atoms with Crippen LogP contribution >= 0.6 is 0 Å². The van der Waals surface area contributed by atoms with Crippen LogP contribution in [-0.2, 0) is 14.4 Å². The Morgan fingerprint density at radius 1 is 0.576 bits per heavy atom. The van der Waals surface area contributed by atoms with Crippen LogP contribution in [-0.4, -0.2) is 54.5 Å². The molecule has 0 aliphatic rings. The first-order valence-corrected chi connectivity index (χ1v) is 10.8. The summed E-state index contributed by atoms with van der Waals surface area (Å²) in [4.78, 5) is 28.8. The third-order valence-corrected chi connectivity index (χ3v) is 3.71. The number of carboxylic acid groups (broad SMARTS) is 3. The van der Waals surface area contributed by atoms with E-state index in [1.165, 1.54) is 59.3 Å². The van der Waals surface area contributed by atoms with Crippen LogP contribution in [0.5, 0.6) is 0 Å². The summed E-state index contributed by atoms with van der Waals surface area (Å²) in [6.07, 6.45) is 10.6. The van der Waals surface area contributed by atoms with E-state index >= 15 is 0 Å². The summed E-state index contributed by atoms with van der Waals surface area (Å²) in [5, 5.41) is 49.6. The molecule has 0 fully saturated rings. The molecule has 0 heterocycles. The van der Waals surface area contributed by atoms with Crippen LogP contribution in [0.25, 0.3) is 0 Å². The zero-order valence-corrected chi connectivity index (χ0v) is 20.6. The number of rotatable bonds is 13. The van der Waals surface area contributed by atoms with E-state index in [0.717, 1.165) is 12.8 Å². The highest BCUT2D eigenvalue weighted by Crippen LogP contribution is 2.13. The van der Waals surface area contributed by atoms with Crippen LogP contribution < -0.4 is 0 Å². The second kappa shape index (κ2) is 24.2. The van der Waals surface area contributed by atoms with E-state index in [0.29, 0.717) is 6.42 Å². The van der Waals surface area contributed by atoms with Gasteiger partial charge in [-0.05, 0) is 27.2 Å². The molecular formula is C24H44O9. The van der Waals surface area contributed by atoms with E-state index in [4.69, 9.17) is 30.6 Å². The number of carbonyl (C=O) groups is 3. The van der Waals surface area contributed by atoms with Gasteiger partial charge in [0.15, 0.2) is 0 Å². The SMILES string of the molecule is C=C(C)C(=O)O.C=C(C)C(=O)O.C=C(C)C(=O)O.CCCCCCCCCCCC(O)(O)O. The van der Waals surface area contributed by atoms with Crippen molar-refractivity contribution in [2.75, 3.05) is 0 Å². The summed E-state index contributed by atoms with van der Waals surface area (Å²) >= 11 is 0. The summed E-state index contributed by atoms with van der Waals surface area (Å²) in [7, 11) is 0. The molecule has 194 valence electrons. The van der Waals surface area contributed by atoms with Crippen molar-refractivity contribution in [3.8, 4) is 0 Å².